The lowest BCUT2D eigenvalue weighted by molar-refractivity contribution is 0.590. The van der Waals surface area contributed by atoms with Crippen molar-refractivity contribution in [1.82, 2.24) is 4.57 Å². The number of aromatic nitrogens is 1. The highest BCUT2D eigenvalue weighted by molar-refractivity contribution is 7.00. The maximum atomic E-state index is 9.46. The molecule has 4 nitrogen and oxygen atoms in total. The Balaban J connectivity index is 1.12. The number of hydrogen-bond donors (Lipinski definition) is 0. The van der Waals surface area contributed by atoms with Crippen LogP contribution in [-0.4, -0.2) is 11.3 Å². The average molecular weight is 1050 g/mol. The molecule has 5 heteroatoms. The topological polar surface area (TPSA) is 24.6 Å². The summed E-state index contributed by atoms with van der Waals surface area (Å²) in [6.07, 6.45) is 0. The Morgan fingerprint density at radius 2 is 0.901 bits per heavy atom. The van der Waals surface area contributed by atoms with Gasteiger partial charge in [-0.25, -0.2) is 0 Å². The van der Waals surface area contributed by atoms with Gasteiger partial charge >= 0.3 is 0 Å². The molecule has 2 aliphatic heterocycles. The van der Waals surface area contributed by atoms with Crippen molar-refractivity contribution >= 4 is 101 Å². The largest absolute Gasteiger partial charge is 0.456 e. The number of rotatable bonds is 7. The molecule has 2 aromatic heterocycles. The van der Waals surface area contributed by atoms with Crippen molar-refractivity contribution in [2.24, 2.45) is 0 Å². The number of hydrogen-bond acceptors (Lipinski definition) is 3. The van der Waals surface area contributed by atoms with E-state index in [1.54, 1.807) is 0 Å². The summed E-state index contributed by atoms with van der Waals surface area (Å²) in [6, 6.07) is 68.5. The molecule has 2 aliphatic rings. The first-order valence-corrected chi connectivity index (χ1v) is 27.4. The van der Waals surface area contributed by atoms with Crippen LogP contribution in [0.1, 0.15) is 40.0 Å². The third-order valence-corrected chi connectivity index (χ3v) is 16.5. The fourth-order valence-electron chi connectivity index (χ4n) is 12.9. The molecule has 14 aromatic rings. The van der Waals surface area contributed by atoms with Gasteiger partial charge in [-0.2, -0.15) is 0 Å². The van der Waals surface area contributed by atoms with Gasteiger partial charge in [0.25, 0.3) is 6.71 Å². The van der Waals surface area contributed by atoms with E-state index in [9.17, 15) is 5.48 Å². The highest BCUT2D eigenvalue weighted by Crippen LogP contribution is 2.55. The number of para-hydroxylation sites is 3. The third-order valence-electron chi connectivity index (χ3n) is 16.5. The van der Waals surface area contributed by atoms with E-state index in [1.165, 1.54) is 0 Å². The highest BCUT2D eigenvalue weighted by Gasteiger charge is 2.46. The molecule has 0 fully saturated rings. The van der Waals surface area contributed by atoms with Crippen molar-refractivity contribution in [1.29, 1.82) is 0 Å². The standard InChI is InChI=1S/C76H54BN3O/c1-76(2,3)55-47-67-73-68(48-55)80(75-58(52-29-15-7-16-30-52)40-44-70-72(75)60-34-20-22-36-69(60)81-70)66-46-54(50-25-11-5-12-26-50)38-42-62(66)77(73)61-41-37-53(49-23-9-4-10-24-49)45-65(61)79(67)74-57(51-27-13-6-14-28-51)39-43-64-71(74)59-33-19-21-35-63(59)78(64)56-31-17-8-18-32-56/h4-48H,1-3H3/i4D,5D,9D,10D,11D,12D,23D,24D,25D,26D. The molecule has 0 saturated carbocycles. The van der Waals surface area contributed by atoms with E-state index in [-0.39, 0.29) is 35.3 Å². The summed E-state index contributed by atoms with van der Waals surface area (Å²) in [5.74, 6) is 0. The van der Waals surface area contributed by atoms with Gasteiger partial charge in [0, 0.05) is 55.7 Å². The minimum atomic E-state index is -0.579. The quantitative estimate of drug-likeness (QED) is 0.149. The van der Waals surface area contributed by atoms with Gasteiger partial charge in [0.2, 0.25) is 0 Å². The summed E-state index contributed by atoms with van der Waals surface area (Å²) in [6.45, 7) is 6.04. The molecule has 0 unspecified atom stereocenters. The molecule has 0 saturated heterocycles. The summed E-state index contributed by atoms with van der Waals surface area (Å²) < 4.78 is 100.0. The summed E-state index contributed by atoms with van der Waals surface area (Å²) in [5.41, 5.74) is 16.8. The maximum absolute atomic E-state index is 9.46. The molecule has 0 radical (unpaired) electrons. The van der Waals surface area contributed by atoms with Crippen molar-refractivity contribution in [3.63, 3.8) is 0 Å². The van der Waals surface area contributed by atoms with Gasteiger partial charge < -0.3 is 18.8 Å². The van der Waals surface area contributed by atoms with Gasteiger partial charge in [-0.15, -0.1) is 0 Å². The number of benzene rings is 12. The number of furan rings is 1. The van der Waals surface area contributed by atoms with Crippen LogP contribution < -0.4 is 26.2 Å². The zero-order valence-corrected chi connectivity index (χ0v) is 44.5. The van der Waals surface area contributed by atoms with Crippen molar-refractivity contribution < 1.29 is 18.1 Å². The second-order valence-corrected chi connectivity index (χ2v) is 22.0. The lowest BCUT2D eigenvalue weighted by atomic mass is 9.33. The fourth-order valence-corrected chi connectivity index (χ4v) is 12.9. The Morgan fingerprint density at radius 1 is 0.395 bits per heavy atom. The average Bonchev–Trinajstić information content (AvgIpc) is 1.53. The molecule has 0 N–H and O–H groups in total. The lowest BCUT2D eigenvalue weighted by Gasteiger charge is -2.46. The molecule has 0 amide bonds. The molecule has 382 valence electrons. The predicted molar refractivity (Wildman–Crippen MR) is 343 cm³/mol. The van der Waals surface area contributed by atoms with E-state index in [4.69, 9.17) is 12.6 Å². The van der Waals surface area contributed by atoms with Crippen molar-refractivity contribution in [2.45, 2.75) is 26.2 Å². The van der Waals surface area contributed by atoms with Crippen LogP contribution in [0.4, 0.5) is 34.1 Å². The third kappa shape index (κ3) is 7.32. The SMILES string of the molecule is [2H]c1c([2H])c([2H])c(-c2ccc3c(c2)N(c2c(-c4ccccc4)ccc4oc5ccccc5c24)c2cc(C(C)(C)C)cc4c2B3c2ccc(-c3c([2H])c([2H])c([2H])c([2H])c3[2H])cc2N4c2c(-c3ccccc3)ccc3c2c2ccccc2n3-c2ccccc2)c([2H])c1[2H]. The van der Waals surface area contributed by atoms with E-state index in [2.05, 4.69) is 132 Å². The van der Waals surface area contributed by atoms with Gasteiger partial charge in [-0.1, -0.05) is 227 Å². The number of nitrogens with zero attached hydrogens (tertiary/aromatic N) is 3. The van der Waals surface area contributed by atoms with Crippen LogP contribution in [0.25, 0.3) is 93.9 Å². The van der Waals surface area contributed by atoms with Gasteiger partial charge in [0.15, 0.2) is 0 Å². The molecule has 12 aromatic carbocycles. The minimum Gasteiger partial charge on any atom is -0.456 e. The van der Waals surface area contributed by atoms with Gasteiger partial charge in [0.05, 0.1) is 41.5 Å². The van der Waals surface area contributed by atoms with E-state index in [1.807, 2.05) is 115 Å². The summed E-state index contributed by atoms with van der Waals surface area (Å²) in [4.78, 5) is 4.71. The summed E-state index contributed by atoms with van der Waals surface area (Å²) in [7, 11) is 0. The smallest absolute Gasteiger partial charge is 0.252 e. The van der Waals surface area contributed by atoms with Crippen molar-refractivity contribution in [3.8, 4) is 50.2 Å². The normalized spacial score (nSPS) is 14.5. The first kappa shape index (κ1) is 37.7. The van der Waals surface area contributed by atoms with Crippen molar-refractivity contribution in [2.75, 3.05) is 9.80 Å². The van der Waals surface area contributed by atoms with Crippen LogP contribution in [0.5, 0.6) is 0 Å². The second-order valence-electron chi connectivity index (χ2n) is 22.0. The summed E-state index contributed by atoms with van der Waals surface area (Å²) in [5, 5.41) is 3.70. The number of fused-ring (bicyclic) bond motifs is 10. The Kier molecular flexibility index (Phi) is 8.48. The van der Waals surface area contributed by atoms with Crippen LogP contribution in [0, 0.1) is 0 Å². The monoisotopic (exact) mass is 1050 g/mol. The zero-order chi connectivity index (χ0) is 62.6. The van der Waals surface area contributed by atoms with Crippen LogP contribution in [0.2, 0.25) is 0 Å². The van der Waals surface area contributed by atoms with Crippen LogP contribution in [0.15, 0.2) is 277 Å². The Hall–Kier alpha value is -10.1. The molecule has 0 aliphatic carbocycles. The first-order valence-electron chi connectivity index (χ1n) is 32.4. The molecule has 81 heavy (non-hydrogen) atoms. The van der Waals surface area contributed by atoms with E-state index >= 15 is 0 Å². The zero-order valence-electron chi connectivity index (χ0n) is 54.5. The van der Waals surface area contributed by atoms with E-state index in [0.29, 0.717) is 33.7 Å². The number of anilines is 6. The Bertz CT molecular complexity index is 5370. The molecule has 4 heterocycles. The highest BCUT2D eigenvalue weighted by atomic mass is 16.3. The van der Waals surface area contributed by atoms with Gasteiger partial charge in [-0.05, 0) is 127 Å². The maximum Gasteiger partial charge on any atom is 0.252 e. The summed E-state index contributed by atoms with van der Waals surface area (Å²) >= 11 is 0. The van der Waals surface area contributed by atoms with Crippen molar-refractivity contribution in [3.05, 3.63) is 278 Å². The van der Waals surface area contributed by atoms with E-state index < -0.39 is 48.4 Å². The molecule has 16 rings (SSSR count). The molecule has 0 atom stereocenters. The lowest BCUT2D eigenvalue weighted by Crippen LogP contribution is -2.61. The molecule has 0 bridgehead atoms. The van der Waals surface area contributed by atoms with Crippen LogP contribution >= 0.6 is 0 Å². The Labute approximate surface area is 486 Å². The van der Waals surface area contributed by atoms with E-state index in [0.717, 1.165) is 105 Å². The Morgan fingerprint density at radius 3 is 1.48 bits per heavy atom. The van der Waals surface area contributed by atoms with Gasteiger partial charge in [0.1, 0.15) is 11.2 Å². The molecule has 0 spiro atoms. The molecular weight excluding hydrogens is 982 g/mol. The van der Waals surface area contributed by atoms with Gasteiger partial charge in [-0.3, -0.25) is 0 Å². The van der Waals surface area contributed by atoms with Crippen LogP contribution in [-0.2, 0) is 5.41 Å². The molecular formula is C76H54BN3O. The van der Waals surface area contributed by atoms with Crippen LogP contribution in [0.3, 0.4) is 0 Å². The minimum absolute atomic E-state index is 0.0635. The second kappa shape index (κ2) is 18.2. The fraction of sp³-hybridized carbons (Fsp3) is 0.0526. The predicted octanol–water partition coefficient (Wildman–Crippen LogP) is 18.7. The first-order chi connectivity index (χ1) is 44.0.